The highest BCUT2D eigenvalue weighted by molar-refractivity contribution is 5.84. The molecule has 2 aromatic carbocycles. The highest BCUT2D eigenvalue weighted by atomic mass is 14.0. The van der Waals surface area contributed by atoms with Crippen molar-refractivity contribution in [2.75, 3.05) is 0 Å². The van der Waals surface area contributed by atoms with Crippen LogP contribution in [-0.4, -0.2) is 0 Å². The lowest BCUT2D eigenvalue weighted by Crippen LogP contribution is -1.86. The van der Waals surface area contributed by atoms with Crippen LogP contribution in [0.5, 0.6) is 0 Å². The average molecular weight is 258 g/mol. The average Bonchev–Trinajstić information content (AvgIpc) is 2.45. The molecule has 0 spiro atoms. The van der Waals surface area contributed by atoms with Crippen LogP contribution < -0.4 is 0 Å². The van der Waals surface area contributed by atoms with E-state index in [1.165, 1.54) is 40.3 Å². The van der Waals surface area contributed by atoms with E-state index in [9.17, 15) is 0 Å². The normalized spacial score (nSPS) is 9.21. The van der Waals surface area contributed by atoms with Gasteiger partial charge in [-0.3, -0.25) is 0 Å². The van der Waals surface area contributed by atoms with Crippen molar-refractivity contribution in [3.8, 4) is 0 Å². The number of benzene rings is 2. The molecule has 0 bridgehead atoms. The summed E-state index contributed by atoms with van der Waals surface area (Å²) in [5.74, 6) is 0. The molecule has 0 aliphatic rings. The lowest BCUT2D eigenvalue weighted by molar-refractivity contribution is 0.923. The van der Waals surface area contributed by atoms with E-state index in [4.69, 9.17) is 0 Å². The number of hydrogen-bond acceptors (Lipinski definition) is 0. The first-order valence-electron chi connectivity index (χ1n) is 7.70. The maximum atomic E-state index is 2.32. The Morgan fingerprint density at radius 1 is 0.737 bits per heavy atom. The van der Waals surface area contributed by atoms with Crippen LogP contribution in [-0.2, 0) is 6.42 Å². The summed E-state index contributed by atoms with van der Waals surface area (Å²) in [7, 11) is 0. The Morgan fingerprint density at radius 2 is 1.26 bits per heavy atom. The van der Waals surface area contributed by atoms with E-state index < -0.39 is 0 Å². The third kappa shape index (κ3) is 5.06. The third-order valence-corrected chi connectivity index (χ3v) is 3.06. The Hall–Kier alpha value is -1.30. The van der Waals surface area contributed by atoms with Crippen LogP contribution in [0.25, 0.3) is 10.8 Å². The van der Waals surface area contributed by atoms with E-state index in [1.54, 1.807) is 0 Å². The fourth-order valence-corrected chi connectivity index (χ4v) is 2.02. The maximum absolute atomic E-state index is 2.32. The van der Waals surface area contributed by atoms with Gasteiger partial charge in [0, 0.05) is 0 Å². The van der Waals surface area contributed by atoms with Gasteiger partial charge in [-0.1, -0.05) is 71.4 Å². The highest BCUT2D eigenvalue weighted by Gasteiger charge is 1.99. The van der Waals surface area contributed by atoms with Crippen molar-refractivity contribution >= 4 is 10.8 Å². The second-order valence-electron chi connectivity index (χ2n) is 4.37. The van der Waals surface area contributed by atoms with Gasteiger partial charge in [-0.2, -0.15) is 0 Å². The minimum Gasteiger partial charge on any atom is -0.0683 e. The van der Waals surface area contributed by atoms with Crippen molar-refractivity contribution in [1.82, 2.24) is 0 Å². The molecule has 0 aliphatic heterocycles. The molecule has 0 aromatic heterocycles. The summed E-state index contributed by atoms with van der Waals surface area (Å²) in [5.41, 5.74) is 4.22. The van der Waals surface area contributed by atoms with Gasteiger partial charge in [0.25, 0.3) is 0 Å². The number of hydrogen-bond donors (Lipinski definition) is 0. The molecule has 0 heteroatoms. The molecule has 19 heavy (non-hydrogen) atoms. The van der Waals surface area contributed by atoms with Gasteiger partial charge in [-0.15, -0.1) is 0 Å². The lowest BCUT2D eigenvalue weighted by Gasteiger charge is -2.06. The Morgan fingerprint density at radius 3 is 1.79 bits per heavy atom. The Kier molecular flexibility index (Phi) is 8.95. The fourth-order valence-electron chi connectivity index (χ4n) is 2.02. The standard InChI is InChI=1S/C15H18.2C2H6/c1-4-5-13-6-7-14-8-11(2)12(3)9-15(14)10-13;2*1-2/h6-10H,4-5H2,1-3H3;2*1-2H3. The van der Waals surface area contributed by atoms with Crippen LogP contribution in [0.4, 0.5) is 0 Å². The summed E-state index contributed by atoms with van der Waals surface area (Å²) < 4.78 is 0. The minimum absolute atomic E-state index is 1.18. The summed E-state index contributed by atoms with van der Waals surface area (Å²) in [6.07, 6.45) is 2.40. The molecule has 0 saturated heterocycles. The second-order valence-corrected chi connectivity index (χ2v) is 4.37. The molecular weight excluding hydrogens is 228 g/mol. The van der Waals surface area contributed by atoms with E-state index in [0.29, 0.717) is 0 Å². The zero-order chi connectivity index (χ0) is 14.8. The van der Waals surface area contributed by atoms with Crippen LogP contribution in [0, 0.1) is 13.8 Å². The summed E-state index contributed by atoms with van der Waals surface area (Å²) >= 11 is 0. The Bertz CT molecular complexity index is 481. The third-order valence-electron chi connectivity index (χ3n) is 3.06. The van der Waals surface area contributed by atoms with Crippen molar-refractivity contribution in [3.05, 3.63) is 47.0 Å². The van der Waals surface area contributed by atoms with Crippen molar-refractivity contribution in [2.45, 2.75) is 61.3 Å². The molecule has 0 heterocycles. The van der Waals surface area contributed by atoms with Crippen LogP contribution >= 0.6 is 0 Å². The molecule has 0 amide bonds. The van der Waals surface area contributed by atoms with Crippen LogP contribution in [0.2, 0.25) is 0 Å². The first-order valence-corrected chi connectivity index (χ1v) is 7.70. The SMILES string of the molecule is CC.CC.CCCc1ccc2cc(C)c(C)cc2c1. The Balaban J connectivity index is 0.000000741. The van der Waals surface area contributed by atoms with Crippen LogP contribution in [0.1, 0.15) is 57.7 Å². The first-order chi connectivity index (χ1) is 9.20. The zero-order valence-electron chi connectivity index (χ0n) is 13.8. The summed E-state index contributed by atoms with van der Waals surface area (Å²) in [6.45, 7) is 14.6. The van der Waals surface area contributed by atoms with Gasteiger partial charge >= 0.3 is 0 Å². The van der Waals surface area contributed by atoms with Gasteiger partial charge in [0.2, 0.25) is 0 Å². The molecule has 2 rings (SSSR count). The Labute approximate surface area is 119 Å². The molecule has 0 aliphatic carbocycles. The number of fused-ring (bicyclic) bond motifs is 1. The van der Waals surface area contributed by atoms with Gasteiger partial charge in [0.15, 0.2) is 0 Å². The van der Waals surface area contributed by atoms with E-state index >= 15 is 0 Å². The monoisotopic (exact) mass is 258 g/mol. The topological polar surface area (TPSA) is 0 Å². The van der Waals surface area contributed by atoms with Crippen molar-refractivity contribution in [2.24, 2.45) is 0 Å². The van der Waals surface area contributed by atoms with Crippen molar-refractivity contribution in [3.63, 3.8) is 0 Å². The molecule has 0 atom stereocenters. The molecule has 0 saturated carbocycles. The fraction of sp³-hybridized carbons (Fsp3) is 0.474. The molecule has 0 nitrogen and oxygen atoms in total. The predicted molar refractivity (Wildman–Crippen MR) is 90.1 cm³/mol. The van der Waals surface area contributed by atoms with E-state index in [-0.39, 0.29) is 0 Å². The van der Waals surface area contributed by atoms with Gasteiger partial charge in [0.05, 0.1) is 0 Å². The predicted octanol–water partition coefficient (Wildman–Crippen LogP) is 6.46. The van der Waals surface area contributed by atoms with Crippen molar-refractivity contribution < 1.29 is 0 Å². The number of rotatable bonds is 2. The van der Waals surface area contributed by atoms with Gasteiger partial charge in [-0.25, -0.2) is 0 Å². The van der Waals surface area contributed by atoms with E-state index in [0.717, 1.165) is 0 Å². The minimum atomic E-state index is 1.18. The number of aryl methyl sites for hydroxylation is 3. The quantitative estimate of drug-likeness (QED) is 0.579. The molecule has 0 N–H and O–H groups in total. The molecule has 106 valence electrons. The summed E-state index contributed by atoms with van der Waals surface area (Å²) in [5, 5.41) is 2.74. The molecule has 2 aromatic rings. The van der Waals surface area contributed by atoms with Gasteiger partial charge in [-0.05, 0) is 47.7 Å². The van der Waals surface area contributed by atoms with Crippen LogP contribution in [0.15, 0.2) is 30.3 Å². The lowest BCUT2D eigenvalue weighted by atomic mass is 9.99. The molecule has 0 fully saturated rings. The van der Waals surface area contributed by atoms with E-state index in [2.05, 4.69) is 51.1 Å². The van der Waals surface area contributed by atoms with Crippen molar-refractivity contribution in [1.29, 1.82) is 0 Å². The van der Waals surface area contributed by atoms with Crippen LogP contribution in [0.3, 0.4) is 0 Å². The van der Waals surface area contributed by atoms with E-state index in [1.807, 2.05) is 27.7 Å². The smallest absolute Gasteiger partial charge is 0.0178 e. The molecular formula is C19H30. The highest BCUT2D eigenvalue weighted by Crippen LogP contribution is 2.21. The van der Waals surface area contributed by atoms with Gasteiger partial charge < -0.3 is 0 Å². The maximum Gasteiger partial charge on any atom is -0.0178 e. The van der Waals surface area contributed by atoms with Gasteiger partial charge in [0.1, 0.15) is 0 Å². The molecule has 0 radical (unpaired) electrons. The second kappa shape index (κ2) is 9.61. The summed E-state index contributed by atoms with van der Waals surface area (Å²) in [6, 6.07) is 11.4. The largest absolute Gasteiger partial charge is 0.0683 e. The zero-order valence-corrected chi connectivity index (χ0v) is 13.8. The first kappa shape index (κ1) is 17.7. The molecule has 0 unspecified atom stereocenters. The summed E-state index contributed by atoms with van der Waals surface area (Å²) in [4.78, 5) is 0.